The standard InChI is InChI=1S/C27H28N4O3/c1-19(20-8-4-2-5-9-20)28-27(32)24-17-21-16-23(31(33)34)12-13-25(21)30-15-14-29(18-26(24)30)22-10-6-3-7-11-22/h2-13,16,19,24,26H,14-15,17-18H2,1H3,(H,28,32)/t19-,24-,26-/m0/s1. The largest absolute Gasteiger partial charge is 0.368 e. The Hall–Kier alpha value is -3.87. The lowest BCUT2D eigenvalue weighted by Gasteiger charge is -2.49. The summed E-state index contributed by atoms with van der Waals surface area (Å²) in [7, 11) is 0. The number of hydrogen-bond acceptors (Lipinski definition) is 5. The molecule has 2 aliphatic heterocycles. The average Bonchev–Trinajstić information content (AvgIpc) is 2.88. The van der Waals surface area contributed by atoms with Crippen LogP contribution >= 0.6 is 0 Å². The van der Waals surface area contributed by atoms with Gasteiger partial charge in [0.25, 0.3) is 5.69 Å². The van der Waals surface area contributed by atoms with E-state index in [2.05, 4.69) is 27.2 Å². The highest BCUT2D eigenvalue weighted by atomic mass is 16.6. The van der Waals surface area contributed by atoms with Gasteiger partial charge in [0.1, 0.15) is 0 Å². The van der Waals surface area contributed by atoms with Gasteiger partial charge in [-0.25, -0.2) is 0 Å². The van der Waals surface area contributed by atoms with E-state index in [9.17, 15) is 14.9 Å². The molecule has 3 aromatic rings. The van der Waals surface area contributed by atoms with Crippen LogP contribution in [0.25, 0.3) is 0 Å². The van der Waals surface area contributed by atoms with Gasteiger partial charge >= 0.3 is 0 Å². The summed E-state index contributed by atoms with van der Waals surface area (Å²) in [5.41, 5.74) is 4.13. The van der Waals surface area contributed by atoms with Gasteiger partial charge in [-0.2, -0.15) is 0 Å². The lowest BCUT2D eigenvalue weighted by molar-refractivity contribution is -0.384. The fourth-order valence-corrected chi connectivity index (χ4v) is 5.24. The molecule has 0 aromatic heterocycles. The van der Waals surface area contributed by atoms with Crippen molar-refractivity contribution in [1.82, 2.24) is 5.32 Å². The van der Waals surface area contributed by atoms with E-state index >= 15 is 0 Å². The van der Waals surface area contributed by atoms with Crippen molar-refractivity contribution in [1.29, 1.82) is 0 Å². The summed E-state index contributed by atoms with van der Waals surface area (Å²) in [6, 6.07) is 25.1. The average molecular weight is 457 g/mol. The number of amides is 1. The highest BCUT2D eigenvalue weighted by Gasteiger charge is 2.42. The Morgan fingerprint density at radius 1 is 1.03 bits per heavy atom. The van der Waals surface area contributed by atoms with Gasteiger partial charge in [0.05, 0.1) is 22.9 Å². The first-order valence-corrected chi connectivity index (χ1v) is 11.7. The molecule has 0 aliphatic carbocycles. The predicted octanol–water partition coefficient (Wildman–Crippen LogP) is 4.34. The van der Waals surface area contributed by atoms with Gasteiger partial charge in [0, 0.05) is 43.1 Å². The van der Waals surface area contributed by atoms with Crippen LogP contribution < -0.4 is 15.1 Å². The number of nitro groups is 1. The number of anilines is 2. The second kappa shape index (κ2) is 9.17. The number of nitrogens with zero attached hydrogens (tertiary/aromatic N) is 3. The van der Waals surface area contributed by atoms with Crippen LogP contribution in [0.15, 0.2) is 78.9 Å². The molecule has 0 unspecified atom stereocenters. The maximum atomic E-state index is 13.6. The van der Waals surface area contributed by atoms with E-state index in [4.69, 9.17) is 0 Å². The first kappa shape index (κ1) is 21.9. The van der Waals surface area contributed by atoms with Crippen LogP contribution in [0.2, 0.25) is 0 Å². The first-order valence-electron chi connectivity index (χ1n) is 11.7. The number of nitrogens with one attached hydrogen (secondary N) is 1. The maximum Gasteiger partial charge on any atom is 0.269 e. The molecular weight excluding hydrogens is 428 g/mol. The quantitative estimate of drug-likeness (QED) is 0.456. The van der Waals surface area contributed by atoms with E-state index in [1.807, 2.05) is 61.5 Å². The highest BCUT2D eigenvalue weighted by molar-refractivity contribution is 5.83. The number of rotatable bonds is 5. The van der Waals surface area contributed by atoms with E-state index in [1.54, 1.807) is 12.1 Å². The number of hydrogen-bond donors (Lipinski definition) is 1. The van der Waals surface area contributed by atoms with Crippen LogP contribution in [0.3, 0.4) is 0 Å². The maximum absolute atomic E-state index is 13.6. The highest BCUT2D eigenvalue weighted by Crippen LogP contribution is 2.38. The Balaban J connectivity index is 1.46. The molecule has 7 heteroatoms. The molecule has 3 aromatic carbocycles. The Labute approximate surface area is 199 Å². The minimum absolute atomic E-state index is 0.0154. The fourth-order valence-electron chi connectivity index (χ4n) is 5.24. The van der Waals surface area contributed by atoms with Crippen molar-refractivity contribution in [2.24, 2.45) is 5.92 Å². The van der Waals surface area contributed by atoms with Crippen molar-refractivity contribution in [2.75, 3.05) is 29.4 Å². The van der Waals surface area contributed by atoms with E-state index < -0.39 is 0 Å². The van der Waals surface area contributed by atoms with Crippen LogP contribution in [-0.4, -0.2) is 36.5 Å². The molecular formula is C27H28N4O3. The number of benzene rings is 3. The number of carbonyl (C=O) groups is 1. The van der Waals surface area contributed by atoms with E-state index in [0.717, 1.165) is 42.1 Å². The molecule has 0 bridgehead atoms. The molecule has 1 N–H and O–H groups in total. The summed E-state index contributed by atoms with van der Waals surface area (Å²) in [5.74, 6) is -0.328. The van der Waals surface area contributed by atoms with Crippen molar-refractivity contribution in [3.63, 3.8) is 0 Å². The number of carbonyl (C=O) groups excluding carboxylic acids is 1. The number of para-hydroxylation sites is 1. The van der Waals surface area contributed by atoms with Crippen LogP contribution in [-0.2, 0) is 11.2 Å². The third-order valence-electron chi connectivity index (χ3n) is 7.02. The molecule has 174 valence electrons. The first-order chi connectivity index (χ1) is 16.5. The van der Waals surface area contributed by atoms with Crippen LogP contribution in [0.1, 0.15) is 24.1 Å². The van der Waals surface area contributed by atoms with Crippen LogP contribution in [0.4, 0.5) is 17.1 Å². The smallest absolute Gasteiger partial charge is 0.269 e. The van der Waals surface area contributed by atoms with Crippen LogP contribution in [0.5, 0.6) is 0 Å². The Morgan fingerprint density at radius 2 is 1.74 bits per heavy atom. The molecule has 2 aliphatic rings. The summed E-state index contributed by atoms with van der Waals surface area (Å²) in [6.45, 7) is 4.29. The summed E-state index contributed by atoms with van der Waals surface area (Å²) in [4.78, 5) is 29.3. The molecule has 0 radical (unpaired) electrons. The van der Waals surface area contributed by atoms with Crippen molar-refractivity contribution < 1.29 is 9.72 Å². The summed E-state index contributed by atoms with van der Waals surface area (Å²) >= 11 is 0. The van der Waals surface area contributed by atoms with Crippen molar-refractivity contribution in [3.05, 3.63) is 100 Å². The zero-order chi connectivity index (χ0) is 23.7. The minimum atomic E-state index is -0.369. The molecule has 7 nitrogen and oxygen atoms in total. The monoisotopic (exact) mass is 456 g/mol. The van der Waals surface area contributed by atoms with Gasteiger partial charge < -0.3 is 15.1 Å². The molecule has 5 rings (SSSR count). The molecule has 1 amide bonds. The molecule has 3 atom stereocenters. The fraction of sp³-hybridized carbons (Fsp3) is 0.296. The second-order valence-electron chi connectivity index (χ2n) is 9.06. The van der Waals surface area contributed by atoms with Crippen molar-refractivity contribution >= 4 is 23.0 Å². The molecule has 1 fully saturated rings. The van der Waals surface area contributed by atoms with Gasteiger partial charge in [0.2, 0.25) is 5.91 Å². The summed E-state index contributed by atoms with van der Waals surface area (Å²) in [6.07, 6.45) is 0.480. The minimum Gasteiger partial charge on any atom is -0.368 e. The normalized spacial score (nSPS) is 20.1. The Kier molecular flexibility index (Phi) is 5.92. The van der Waals surface area contributed by atoms with E-state index in [1.165, 1.54) is 0 Å². The topological polar surface area (TPSA) is 78.7 Å². The SMILES string of the molecule is C[C@H](NC(=O)[C@H]1Cc2cc([N+](=O)[O-])ccc2N2CCN(c3ccccc3)C[C@@H]12)c1ccccc1. The number of fused-ring (bicyclic) bond motifs is 3. The molecule has 2 heterocycles. The second-order valence-corrected chi connectivity index (χ2v) is 9.06. The van der Waals surface area contributed by atoms with Crippen molar-refractivity contribution in [3.8, 4) is 0 Å². The summed E-state index contributed by atoms with van der Waals surface area (Å²) < 4.78 is 0. The molecule has 34 heavy (non-hydrogen) atoms. The van der Waals surface area contributed by atoms with Crippen molar-refractivity contribution in [2.45, 2.75) is 25.4 Å². The zero-order valence-electron chi connectivity index (χ0n) is 19.1. The number of non-ortho nitro benzene ring substituents is 1. The molecule has 0 saturated carbocycles. The Bertz CT molecular complexity index is 1180. The third-order valence-corrected chi connectivity index (χ3v) is 7.02. The van der Waals surface area contributed by atoms with Gasteiger partial charge in [-0.05, 0) is 42.7 Å². The molecule has 0 spiro atoms. The zero-order valence-corrected chi connectivity index (χ0v) is 19.1. The lowest BCUT2D eigenvalue weighted by atomic mass is 9.82. The van der Waals surface area contributed by atoms with Gasteiger partial charge in [-0.1, -0.05) is 48.5 Å². The van der Waals surface area contributed by atoms with Crippen LogP contribution in [0, 0.1) is 16.0 Å². The van der Waals surface area contributed by atoms with Gasteiger partial charge in [-0.3, -0.25) is 14.9 Å². The van der Waals surface area contributed by atoms with Gasteiger partial charge in [0.15, 0.2) is 0 Å². The van der Waals surface area contributed by atoms with Gasteiger partial charge in [-0.15, -0.1) is 0 Å². The lowest BCUT2D eigenvalue weighted by Crippen LogP contribution is -2.61. The number of nitro benzene ring substituents is 1. The predicted molar refractivity (Wildman–Crippen MR) is 133 cm³/mol. The third kappa shape index (κ3) is 4.21. The molecule has 1 saturated heterocycles. The van der Waals surface area contributed by atoms with E-state index in [-0.39, 0.29) is 34.5 Å². The Morgan fingerprint density at radius 3 is 2.44 bits per heavy atom. The van der Waals surface area contributed by atoms with E-state index in [0.29, 0.717) is 6.42 Å². The summed E-state index contributed by atoms with van der Waals surface area (Å²) in [5, 5.41) is 14.6. The number of piperazine rings is 1.